The first kappa shape index (κ1) is 13.9. The highest BCUT2D eigenvalue weighted by atomic mass is 32.1. The number of aryl methyl sites for hydroxylation is 2. The molecule has 0 aliphatic carbocycles. The number of hydrogen-bond acceptors (Lipinski definition) is 4. The summed E-state index contributed by atoms with van der Waals surface area (Å²) < 4.78 is 1.80. The topological polar surface area (TPSA) is 55.2 Å². The molecule has 22 heavy (non-hydrogen) atoms. The Bertz CT molecular complexity index is 815. The van der Waals surface area contributed by atoms with Crippen LogP contribution in [0.5, 0.6) is 0 Å². The minimum absolute atomic E-state index is 0.0360. The van der Waals surface area contributed by atoms with E-state index in [1.165, 1.54) is 11.3 Å². The smallest absolute Gasteiger partial charge is 0.264 e. The van der Waals surface area contributed by atoms with Gasteiger partial charge in [0.1, 0.15) is 10.7 Å². The van der Waals surface area contributed by atoms with E-state index in [9.17, 15) is 9.59 Å². The number of rotatable bonds is 1. The van der Waals surface area contributed by atoms with Gasteiger partial charge in [0.15, 0.2) is 0 Å². The third-order valence-electron chi connectivity index (χ3n) is 4.75. The summed E-state index contributed by atoms with van der Waals surface area (Å²) >= 11 is 1.39. The Labute approximate surface area is 132 Å². The number of fused-ring (bicyclic) bond motifs is 2. The summed E-state index contributed by atoms with van der Waals surface area (Å²) in [6.45, 7) is 4.30. The van der Waals surface area contributed by atoms with Gasteiger partial charge in [0, 0.05) is 26.1 Å². The van der Waals surface area contributed by atoms with Crippen molar-refractivity contribution in [1.82, 2.24) is 14.5 Å². The molecule has 0 saturated carbocycles. The molecule has 4 heterocycles. The zero-order valence-electron chi connectivity index (χ0n) is 12.7. The highest BCUT2D eigenvalue weighted by molar-refractivity contribution is 7.20. The molecule has 0 spiro atoms. The van der Waals surface area contributed by atoms with Gasteiger partial charge < -0.3 is 4.90 Å². The first-order valence-electron chi connectivity index (χ1n) is 7.99. The summed E-state index contributed by atoms with van der Waals surface area (Å²) in [5, 5.41) is 0.651. The van der Waals surface area contributed by atoms with Crippen LogP contribution in [0, 0.1) is 6.92 Å². The maximum atomic E-state index is 12.8. The molecule has 2 aliphatic heterocycles. The Morgan fingerprint density at radius 2 is 1.86 bits per heavy atom. The fourth-order valence-corrected chi connectivity index (χ4v) is 4.66. The lowest BCUT2D eigenvalue weighted by Crippen LogP contribution is -2.28. The van der Waals surface area contributed by atoms with Gasteiger partial charge in [0.05, 0.1) is 10.3 Å². The molecular weight excluding hydrogens is 298 g/mol. The zero-order chi connectivity index (χ0) is 15.3. The van der Waals surface area contributed by atoms with E-state index in [2.05, 4.69) is 4.98 Å². The van der Waals surface area contributed by atoms with Crippen LogP contribution < -0.4 is 5.56 Å². The van der Waals surface area contributed by atoms with E-state index in [1.807, 2.05) is 11.8 Å². The predicted molar refractivity (Wildman–Crippen MR) is 86.7 cm³/mol. The number of thiophene rings is 1. The molecule has 1 amide bonds. The molecule has 0 unspecified atom stereocenters. The first-order valence-corrected chi connectivity index (χ1v) is 8.80. The number of carbonyl (C=O) groups excluding carboxylic acids is 1. The SMILES string of the molecule is Cc1c(C(=O)N2CCCC2)sc2nc3n(c(=O)c12)CCCC3. The van der Waals surface area contributed by atoms with Gasteiger partial charge in [-0.3, -0.25) is 14.2 Å². The van der Waals surface area contributed by atoms with Crippen LogP contribution >= 0.6 is 11.3 Å². The van der Waals surface area contributed by atoms with Crippen LogP contribution in [-0.2, 0) is 13.0 Å². The highest BCUT2D eigenvalue weighted by Crippen LogP contribution is 2.30. The molecule has 2 aliphatic rings. The van der Waals surface area contributed by atoms with Crippen molar-refractivity contribution in [1.29, 1.82) is 0 Å². The largest absolute Gasteiger partial charge is 0.338 e. The van der Waals surface area contributed by atoms with Crippen LogP contribution in [-0.4, -0.2) is 33.4 Å². The normalized spacial score (nSPS) is 18.0. The van der Waals surface area contributed by atoms with Gasteiger partial charge >= 0.3 is 0 Å². The summed E-state index contributed by atoms with van der Waals surface area (Å²) in [5.74, 6) is 0.950. The van der Waals surface area contributed by atoms with Crippen molar-refractivity contribution in [3.63, 3.8) is 0 Å². The molecule has 1 saturated heterocycles. The number of carbonyl (C=O) groups is 1. The summed E-state index contributed by atoms with van der Waals surface area (Å²) in [6, 6.07) is 0. The maximum absolute atomic E-state index is 12.8. The minimum atomic E-state index is 0.0360. The zero-order valence-corrected chi connectivity index (χ0v) is 13.5. The molecule has 0 aromatic carbocycles. The molecule has 116 valence electrons. The van der Waals surface area contributed by atoms with Crippen molar-refractivity contribution in [3.8, 4) is 0 Å². The second kappa shape index (κ2) is 5.19. The van der Waals surface area contributed by atoms with E-state index in [1.54, 1.807) is 4.57 Å². The van der Waals surface area contributed by atoms with Gasteiger partial charge in [0.25, 0.3) is 11.5 Å². The van der Waals surface area contributed by atoms with E-state index in [4.69, 9.17) is 0 Å². The number of nitrogens with zero attached hydrogens (tertiary/aromatic N) is 3. The van der Waals surface area contributed by atoms with Gasteiger partial charge in [-0.2, -0.15) is 0 Å². The Morgan fingerprint density at radius 3 is 2.64 bits per heavy atom. The van der Waals surface area contributed by atoms with Gasteiger partial charge in [-0.15, -0.1) is 11.3 Å². The Balaban J connectivity index is 1.88. The van der Waals surface area contributed by atoms with Crippen molar-refractivity contribution in [3.05, 3.63) is 26.6 Å². The lowest BCUT2D eigenvalue weighted by molar-refractivity contribution is 0.0797. The number of hydrogen-bond donors (Lipinski definition) is 0. The summed E-state index contributed by atoms with van der Waals surface area (Å²) in [4.78, 5) is 33.4. The molecule has 2 aromatic heterocycles. The third-order valence-corrected chi connectivity index (χ3v) is 5.92. The third kappa shape index (κ3) is 2.00. The Kier molecular flexibility index (Phi) is 3.29. The van der Waals surface area contributed by atoms with E-state index in [0.29, 0.717) is 10.3 Å². The van der Waals surface area contributed by atoms with Crippen LogP contribution in [0.1, 0.15) is 46.7 Å². The molecule has 6 heteroatoms. The van der Waals surface area contributed by atoms with E-state index in [0.717, 1.165) is 68.0 Å². The molecule has 0 N–H and O–H groups in total. The van der Waals surface area contributed by atoms with E-state index < -0.39 is 0 Å². The average molecular weight is 317 g/mol. The van der Waals surface area contributed by atoms with Gasteiger partial charge in [-0.05, 0) is 38.2 Å². The van der Waals surface area contributed by atoms with E-state index >= 15 is 0 Å². The van der Waals surface area contributed by atoms with E-state index in [-0.39, 0.29) is 11.5 Å². The molecule has 2 aromatic rings. The second-order valence-electron chi connectivity index (χ2n) is 6.18. The fourth-order valence-electron chi connectivity index (χ4n) is 3.50. The number of amides is 1. The van der Waals surface area contributed by atoms with Crippen LogP contribution in [0.15, 0.2) is 4.79 Å². The molecular formula is C16H19N3O2S. The fraction of sp³-hybridized carbons (Fsp3) is 0.562. The number of aromatic nitrogens is 2. The average Bonchev–Trinajstić information content (AvgIpc) is 3.15. The minimum Gasteiger partial charge on any atom is -0.338 e. The summed E-state index contributed by atoms with van der Waals surface area (Å²) in [7, 11) is 0. The predicted octanol–water partition coefficient (Wildman–Crippen LogP) is 2.34. The maximum Gasteiger partial charge on any atom is 0.264 e. The van der Waals surface area contributed by atoms with Gasteiger partial charge in [0.2, 0.25) is 0 Å². The van der Waals surface area contributed by atoms with Crippen molar-refractivity contribution in [2.45, 2.75) is 45.6 Å². The van der Waals surface area contributed by atoms with Crippen molar-refractivity contribution < 1.29 is 4.79 Å². The molecule has 1 fully saturated rings. The molecule has 4 rings (SSSR count). The molecule has 0 atom stereocenters. The summed E-state index contributed by atoms with van der Waals surface area (Å²) in [6.07, 6.45) is 5.12. The Morgan fingerprint density at radius 1 is 1.14 bits per heavy atom. The second-order valence-corrected chi connectivity index (χ2v) is 7.18. The van der Waals surface area contributed by atoms with Crippen molar-refractivity contribution in [2.24, 2.45) is 0 Å². The van der Waals surface area contributed by atoms with Gasteiger partial charge in [-0.25, -0.2) is 4.98 Å². The van der Waals surface area contributed by atoms with Crippen LogP contribution in [0.2, 0.25) is 0 Å². The van der Waals surface area contributed by atoms with Crippen molar-refractivity contribution in [2.75, 3.05) is 13.1 Å². The van der Waals surface area contributed by atoms with Crippen LogP contribution in [0.4, 0.5) is 0 Å². The molecule has 5 nitrogen and oxygen atoms in total. The lowest BCUT2D eigenvalue weighted by atomic mass is 10.1. The van der Waals surface area contributed by atoms with Gasteiger partial charge in [-0.1, -0.05) is 0 Å². The monoisotopic (exact) mass is 317 g/mol. The Hall–Kier alpha value is -1.69. The first-order chi connectivity index (χ1) is 10.7. The molecule has 0 bridgehead atoms. The molecule has 0 radical (unpaired) electrons. The highest BCUT2D eigenvalue weighted by Gasteiger charge is 2.26. The van der Waals surface area contributed by atoms with Crippen molar-refractivity contribution >= 4 is 27.5 Å². The standard InChI is InChI=1S/C16H19N3O2S/c1-10-12-14(17-11-6-2-3-9-19(11)15(12)20)22-13(10)16(21)18-7-4-5-8-18/h2-9H2,1H3. The summed E-state index contributed by atoms with van der Waals surface area (Å²) in [5.41, 5.74) is 0.851. The van der Waals surface area contributed by atoms with Crippen LogP contribution in [0.3, 0.4) is 0 Å². The lowest BCUT2D eigenvalue weighted by Gasteiger charge is -2.16. The number of likely N-dealkylation sites (tertiary alicyclic amines) is 1. The quantitative estimate of drug-likeness (QED) is 0.811. The van der Waals surface area contributed by atoms with Crippen LogP contribution in [0.25, 0.3) is 10.2 Å².